The van der Waals surface area contributed by atoms with Gasteiger partial charge in [-0.1, -0.05) is 0 Å². The summed E-state index contributed by atoms with van der Waals surface area (Å²) in [6.07, 6.45) is -1.47. The Hall–Kier alpha value is -1.81. The van der Waals surface area contributed by atoms with Gasteiger partial charge in [-0.2, -0.15) is 13.2 Å². The van der Waals surface area contributed by atoms with E-state index in [1.54, 1.807) is 16.6 Å². The van der Waals surface area contributed by atoms with Crippen LogP contribution in [0.1, 0.15) is 18.4 Å². The van der Waals surface area contributed by atoms with Crippen LogP contribution in [0.25, 0.3) is 16.5 Å². The molecule has 0 spiro atoms. The van der Waals surface area contributed by atoms with E-state index < -0.39 is 28.9 Å². The Morgan fingerprint density at radius 2 is 1.86 bits per heavy atom. The second-order valence-electron chi connectivity index (χ2n) is 6.82. The van der Waals surface area contributed by atoms with Gasteiger partial charge in [0.15, 0.2) is 4.91 Å². The molecule has 4 nitrogen and oxygen atoms in total. The maximum Gasteiger partial charge on any atom is 0.420 e. The van der Waals surface area contributed by atoms with Crippen molar-refractivity contribution in [2.75, 3.05) is 26.2 Å². The number of allylic oxidation sites excluding steroid dienone is 4. The minimum atomic E-state index is -4.59. The number of nitrogens with one attached hydrogen (secondary N) is 2. The largest absolute Gasteiger partial charge is 0.593 e. The van der Waals surface area contributed by atoms with Gasteiger partial charge in [-0.05, 0) is 36.3 Å². The number of hydrogen-bond donors (Lipinski definition) is 2. The van der Waals surface area contributed by atoms with Crippen LogP contribution >= 0.6 is 0 Å². The molecule has 0 saturated carbocycles. The van der Waals surface area contributed by atoms with E-state index in [4.69, 9.17) is 0 Å². The van der Waals surface area contributed by atoms with E-state index in [1.807, 2.05) is 0 Å². The van der Waals surface area contributed by atoms with Crippen molar-refractivity contribution in [3.05, 3.63) is 52.3 Å². The number of alkyl halides is 3. The molecule has 150 valence electrons. The fourth-order valence-corrected chi connectivity index (χ4v) is 5.14. The molecule has 28 heavy (non-hydrogen) atoms. The fraction of sp³-hybridized carbons (Fsp3) is 0.368. The zero-order valence-electron chi connectivity index (χ0n) is 14.9. The summed E-state index contributed by atoms with van der Waals surface area (Å²) in [6.45, 7) is 2.11. The SMILES string of the molecule is [O-][S+](C1=C(C(F)(F)F)C=C(c2c[nH]c3cc(F)ccc23)CC1)N1CCNCC1. The lowest BCUT2D eigenvalue weighted by Gasteiger charge is -2.31. The van der Waals surface area contributed by atoms with Gasteiger partial charge in [0.1, 0.15) is 11.4 Å². The zero-order chi connectivity index (χ0) is 19.9. The van der Waals surface area contributed by atoms with Crippen LogP contribution in [0.15, 0.2) is 41.0 Å². The summed E-state index contributed by atoms with van der Waals surface area (Å²) in [5.41, 5.74) is 0.820. The van der Waals surface area contributed by atoms with Crippen LogP contribution in [0.3, 0.4) is 0 Å². The Balaban J connectivity index is 1.74. The van der Waals surface area contributed by atoms with E-state index in [1.165, 1.54) is 12.1 Å². The highest BCUT2D eigenvalue weighted by Gasteiger charge is 2.43. The van der Waals surface area contributed by atoms with Crippen LogP contribution in [-0.4, -0.2) is 46.2 Å². The summed E-state index contributed by atoms with van der Waals surface area (Å²) in [4.78, 5) is 2.85. The summed E-state index contributed by atoms with van der Waals surface area (Å²) in [5, 5.41) is 3.77. The molecule has 1 fully saturated rings. The van der Waals surface area contributed by atoms with E-state index in [0.717, 1.165) is 6.08 Å². The molecule has 9 heteroatoms. The van der Waals surface area contributed by atoms with E-state index in [2.05, 4.69) is 10.3 Å². The predicted octanol–water partition coefficient (Wildman–Crippen LogP) is 3.87. The molecule has 2 heterocycles. The smallest absolute Gasteiger partial charge is 0.420 e. The van der Waals surface area contributed by atoms with Gasteiger partial charge >= 0.3 is 6.18 Å². The van der Waals surface area contributed by atoms with Gasteiger partial charge in [0, 0.05) is 42.2 Å². The van der Waals surface area contributed by atoms with Crippen molar-refractivity contribution in [2.45, 2.75) is 19.0 Å². The van der Waals surface area contributed by atoms with Gasteiger partial charge in [-0.15, -0.1) is 4.31 Å². The van der Waals surface area contributed by atoms with E-state index in [-0.39, 0.29) is 11.3 Å². The Morgan fingerprint density at radius 1 is 1.11 bits per heavy atom. The lowest BCUT2D eigenvalue weighted by atomic mass is 9.93. The number of fused-ring (bicyclic) bond motifs is 1. The maximum absolute atomic E-state index is 13.8. The van der Waals surface area contributed by atoms with E-state index in [0.29, 0.717) is 54.6 Å². The van der Waals surface area contributed by atoms with Crippen molar-refractivity contribution < 1.29 is 22.1 Å². The van der Waals surface area contributed by atoms with Crippen molar-refractivity contribution in [1.82, 2.24) is 14.6 Å². The Bertz CT molecular complexity index is 944. The molecule has 0 amide bonds. The van der Waals surface area contributed by atoms with Crippen molar-refractivity contribution in [3.63, 3.8) is 0 Å². The fourth-order valence-electron chi connectivity index (χ4n) is 3.67. The van der Waals surface area contributed by atoms with Gasteiger partial charge in [0.25, 0.3) is 0 Å². The molecule has 1 atom stereocenters. The molecule has 2 aromatic rings. The molecule has 1 unspecified atom stereocenters. The maximum atomic E-state index is 13.8. The quantitative estimate of drug-likeness (QED) is 0.593. The first-order valence-electron chi connectivity index (χ1n) is 9.00. The first-order valence-corrected chi connectivity index (χ1v) is 10.1. The minimum absolute atomic E-state index is 0.0657. The van der Waals surface area contributed by atoms with Crippen molar-refractivity contribution in [2.24, 2.45) is 0 Å². The van der Waals surface area contributed by atoms with Gasteiger partial charge in [0.05, 0.1) is 24.5 Å². The first kappa shape index (κ1) is 19.5. The molecular weight excluding hydrogens is 394 g/mol. The standard InChI is InChI=1S/C19H19F4N3OS/c20-13-2-3-14-15(11-25-17(14)10-13)12-1-4-18(16(9-12)19(21,22)23)28(27)26-7-5-24-6-8-26/h2-3,9-11,24-25H,1,4-8H2. The molecular formula is C19H19F4N3OS. The highest BCUT2D eigenvalue weighted by Crippen LogP contribution is 2.42. The minimum Gasteiger partial charge on any atom is -0.593 e. The number of hydrogen-bond acceptors (Lipinski definition) is 3. The number of H-pyrrole nitrogens is 1. The van der Waals surface area contributed by atoms with Crippen LogP contribution in [-0.2, 0) is 11.4 Å². The zero-order valence-corrected chi connectivity index (χ0v) is 15.7. The Labute approximate surface area is 162 Å². The molecule has 2 aliphatic rings. The summed E-state index contributed by atoms with van der Waals surface area (Å²) in [5.74, 6) is -0.414. The lowest BCUT2D eigenvalue weighted by molar-refractivity contribution is -0.0888. The molecule has 1 aromatic heterocycles. The molecule has 0 radical (unpaired) electrons. The first-order chi connectivity index (χ1) is 13.3. The van der Waals surface area contributed by atoms with Crippen molar-refractivity contribution >= 4 is 27.8 Å². The molecule has 1 aromatic carbocycles. The average molecular weight is 413 g/mol. The third-order valence-corrected chi connectivity index (χ3v) is 6.74. The molecule has 4 rings (SSSR count). The van der Waals surface area contributed by atoms with Crippen LogP contribution in [0.4, 0.5) is 17.6 Å². The number of aromatic nitrogens is 1. The van der Waals surface area contributed by atoms with E-state index >= 15 is 0 Å². The Kier molecular flexibility index (Phi) is 5.26. The van der Waals surface area contributed by atoms with Gasteiger partial charge < -0.3 is 14.9 Å². The highest BCUT2D eigenvalue weighted by molar-refractivity contribution is 7.93. The van der Waals surface area contributed by atoms with Crippen LogP contribution < -0.4 is 5.32 Å². The monoisotopic (exact) mass is 413 g/mol. The average Bonchev–Trinajstić information content (AvgIpc) is 3.10. The van der Waals surface area contributed by atoms with Gasteiger partial charge in [-0.3, -0.25) is 0 Å². The number of nitrogens with zero attached hydrogens (tertiary/aromatic N) is 1. The van der Waals surface area contributed by atoms with Crippen LogP contribution in [0.2, 0.25) is 0 Å². The predicted molar refractivity (Wildman–Crippen MR) is 101 cm³/mol. The molecule has 2 N–H and O–H groups in total. The topological polar surface area (TPSA) is 54.1 Å². The summed E-state index contributed by atoms with van der Waals surface area (Å²) < 4.78 is 69.1. The van der Waals surface area contributed by atoms with Crippen LogP contribution in [0.5, 0.6) is 0 Å². The number of halogens is 4. The van der Waals surface area contributed by atoms with Crippen molar-refractivity contribution in [3.8, 4) is 0 Å². The number of benzene rings is 1. The molecule has 0 bridgehead atoms. The third kappa shape index (κ3) is 3.71. The number of rotatable bonds is 3. The van der Waals surface area contributed by atoms with Gasteiger partial charge in [-0.25, -0.2) is 4.39 Å². The molecule has 1 aliphatic heterocycles. The van der Waals surface area contributed by atoms with E-state index in [9.17, 15) is 22.1 Å². The summed E-state index contributed by atoms with van der Waals surface area (Å²) in [6, 6.07) is 4.16. The Morgan fingerprint density at radius 3 is 2.57 bits per heavy atom. The molecule has 1 aliphatic carbocycles. The highest BCUT2D eigenvalue weighted by atomic mass is 32.2. The number of aromatic amines is 1. The normalized spacial score (nSPS) is 20.5. The second kappa shape index (κ2) is 7.55. The lowest BCUT2D eigenvalue weighted by Crippen LogP contribution is -2.47. The summed E-state index contributed by atoms with van der Waals surface area (Å²) in [7, 11) is 0. The number of piperazine rings is 1. The molecule has 1 saturated heterocycles. The second-order valence-corrected chi connectivity index (χ2v) is 8.33. The van der Waals surface area contributed by atoms with Crippen LogP contribution in [0, 0.1) is 5.82 Å². The van der Waals surface area contributed by atoms with Gasteiger partial charge in [0.2, 0.25) is 0 Å². The summed E-state index contributed by atoms with van der Waals surface area (Å²) >= 11 is -1.81. The third-order valence-electron chi connectivity index (χ3n) is 5.06. The van der Waals surface area contributed by atoms with Crippen molar-refractivity contribution in [1.29, 1.82) is 0 Å².